The minimum Gasteiger partial charge on any atom is -0.478 e. The third-order valence-corrected chi connectivity index (χ3v) is 5.00. The lowest BCUT2D eigenvalue weighted by Crippen LogP contribution is -2.27. The van der Waals surface area contributed by atoms with Crippen LogP contribution in [0, 0.1) is 0 Å². The van der Waals surface area contributed by atoms with E-state index in [9.17, 15) is 9.59 Å². The lowest BCUT2D eigenvalue weighted by molar-refractivity contribution is -0.121. The Balaban J connectivity index is 1.99. The molecule has 1 amide bonds. The summed E-state index contributed by atoms with van der Waals surface area (Å²) in [5.74, 6) is -1.08. The molecule has 0 radical (unpaired) electrons. The third-order valence-electron chi connectivity index (χ3n) is 3.62. The average molecular weight is 358 g/mol. The van der Waals surface area contributed by atoms with Gasteiger partial charge in [0.1, 0.15) is 4.32 Å². The zero-order chi connectivity index (χ0) is 17.3. The summed E-state index contributed by atoms with van der Waals surface area (Å²) in [4.78, 5) is 25.6. The molecular weight excluding hydrogens is 344 g/mol. The van der Waals surface area contributed by atoms with E-state index in [1.807, 2.05) is 35.9 Å². The minimum atomic E-state index is -0.977. The summed E-state index contributed by atoms with van der Waals surface area (Å²) in [5, 5.41) is 9.14. The number of thioether (sulfide) groups is 1. The van der Waals surface area contributed by atoms with Gasteiger partial charge >= 0.3 is 5.97 Å². The van der Waals surface area contributed by atoms with E-state index in [1.54, 1.807) is 29.2 Å². The molecule has 1 aromatic carbocycles. The molecule has 24 heavy (non-hydrogen) atoms. The summed E-state index contributed by atoms with van der Waals surface area (Å²) in [7, 11) is 0. The van der Waals surface area contributed by atoms with Gasteiger partial charge in [-0.1, -0.05) is 30.0 Å². The van der Waals surface area contributed by atoms with Crippen LogP contribution in [0.3, 0.4) is 0 Å². The number of carbonyl (C=O) groups is 2. The van der Waals surface area contributed by atoms with E-state index < -0.39 is 5.97 Å². The predicted molar refractivity (Wildman–Crippen MR) is 98.3 cm³/mol. The van der Waals surface area contributed by atoms with E-state index in [2.05, 4.69) is 0 Å². The van der Waals surface area contributed by atoms with Gasteiger partial charge in [-0.15, -0.1) is 0 Å². The van der Waals surface area contributed by atoms with Gasteiger partial charge in [0.05, 0.1) is 10.5 Å². The van der Waals surface area contributed by atoms with E-state index in [0.29, 0.717) is 15.8 Å². The van der Waals surface area contributed by atoms with Crippen molar-refractivity contribution < 1.29 is 14.7 Å². The number of aromatic nitrogens is 1. The summed E-state index contributed by atoms with van der Waals surface area (Å²) >= 11 is 6.49. The van der Waals surface area contributed by atoms with Gasteiger partial charge in [-0.25, -0.2) is 4.79 Å². The van der Waals surface area contributed by atoms with Crippen molar-refractivity contribution >= 4 is 46.3 Å². The summed E-state index contributed by atoms with van der Waals surface area (Å²) in [6.07, 6.45) is 3.61. The van der Waals surface area contributed by atoms with Gasteiger partial charge in [-0.2, -0.15) is 0 Å². The van der Waals surface area contributed by atoms with Crippen LogP contribution in [0.5, 0.6) is 0 Å². The second kappa shape index (κ2) is 6.62. The molecule has 1 aliphatic rings. The Morgan fingerprint density at radius 3 is 2.79 bits per heavy atom. The molecule has 1 aliphatic heterocycles. The Morgan fingerprint density at radius 1 is 1.33 bits per heavy atom. The second-order valence-electron chi connectivity index (χ2n) is 5.08. The molecule has 1 aromatic heterocycles. The molecule has 0 aliphatic carbocycles. The molecule has 2 heterocycles. The van der Waals surface area contributed by atoms with Crippen LogP contribution in [0.4, 0.5) is 0 Å². The van der Waals surface area contributed by atoms with Gasteiger partial charge in [0.25, 0.3) is 5.91 Å². The maximum absolute atomic E-state index is 12.3. The number of nitrogens with zero attached hydrogens (tertiary/aromatic N) is 2. The highest BCUT2D eigenvalue weighted by Gasteiger charge is 2.30. The Bertz CT molecular complexity index is 870. The molecule has 1 N–H and O–H groups in total. The number of hydrogen-bond donors (Lipinski definition) is 1. The van der Waals surface area contributed by atoms with Gasteiger partial charge in [0.15, 0.2) is 0 Å². The highest BCUT2D eigenvalue weighted by atomic mass is 32.2. The first-order chi connectivity index (χ1) is 11.5. The quantitative estimate of drug-likeness (QED) is 0.670. The number of carboxylic acid groups (broad SMARTS) is 1. The van der Waals surface area contributed by atoms with Crippen LogP contribution in [0.1, 0.15) is 23.0 Å². The lowest BCUT2D eigenvalue weighted by Gasteiger charge is -2.10. The van der Waals surface area contributed by atoms with Gasteiger partial charge in [0.2, 0.25) is 0 Å². The van der Waals surface area contributed by atoms with Crippen molar-refractivity contribution in [1.29, 1.82) is 0 Å². The lowest BCUT2D eigenvalue weighted by atomic mass is 10.2. The van der Waals surface area contributed by atoms with Gasteiger partial charge in [-0.3, -0.25) is 9.69 Å². The van der Waals surface area contributed by atoms with E-state index in [4.69, 9.17) is 17.3 Å². The molecule has 0 spiro atoms. The SMILES string of the molecule is CCN1C(=O)C(=Cc2cccn2-c2cccc(C(=O)O)c2)SC1=S. The smallest absolute Gasteiger partial charge is 0.335 e. The largest absolute Gasteiger partial charge is 0.478 e. The summed E-state index contributed by atoms with van der Waals surface area (Å²) in [5.41, 5.74) is 1.72. The number of aromatic carboxylic acids is 1. The first-order valence-electron chi connectivity index (χ1n) is 7.27. The molecule has 3 rings (SSSR count). The standard InChI is InChI=1S/C17H14N2O3S2/c1-2-18-15(20)14(24-17(18)23)10-13-7-4-8-19(13)12-6-3-5-11(9-12)16(21)22/h3-10H,2H2,1H3,(H,21,22). The number of carboxylic acids is 1. The van der Waals surface area contributed by atoms with Crippen molar-refractivity contribution in [3.63, 3.8) is 0 Å². The zero-order valence-corrected chi connectivity index (χ0v) is 14.4. The molecule has 5 nitrogen and oxygen atoms in total. The minimum absolute atomic E-state index is 0.0977. The van der Waals surface area contributed by atoms with Crippen LogP contribution in [-0.4, -0.2) is 37.3 Å². The van der Waals surface area contributed by atoms with Crippen LogP contribution in [0.25, 0.3) is 11.8 Å². The van der Waals surface area contributed by atoms with Gasteiger partial charge < -0.3 is 9.67 Å². The molecule has 0 saturated carbocycles. The Kier molecular flexibility index (Phi) is 4.55. The number of benzene rings is 1. The van der Waals surface area contributed by atoms with Gasteiger partial charge in [-0.05, 0) is 43.3 Å². The van der Waals surface area contributed by atoms with Crippen molar-refractivity contribution in [2.45, 2.75) is 6.92 Å². The number of hydrogen-bond acceptors (Lipinski definition) is 4. The van der Waals surface area contributed by atoms with Crippen molar-refractivity contribution in [2.24, 2.45) is 0 Å². The summed E-state index contributed by atoms with van der Waals surface area (Å²) in [6, 6.07) is 10.4. The molecule has 0 unspecified atom stereocenters. The van der Waals surface area contributed by atoms with Crippen LogP contribution in [0.2, 0.25) is 0 Å². The van der Waals surface area contributed by atoms with E-state index in [-0.39, 0.29) is 11.5 Å². The Morgan fingerprint density at radius 2 is 2.12 bits per heavy atom. The molecule has 7 heteroatoms. The maximum atomic E-state index is 12.3. The predicted octanol–water partition coefficient (Wildman–Crippen LogP) is 3.40. The fourth-order valence-corrected chi connectivity index (χ4v) is 3.81. The molecule has 122 valence electrons. The van der Waals surface area contributed by atoms with Crippen molar-refractivity contribution in [2.75, 3.05) is 6.54 Å². The zero-order valence-electron chi connectivity index (χ0n) is 12.8. The second-order valence-corrected chi connectivity index (χ2v) is 6.76. The first kappa shape index (κ1) is 16.5. The molecule has 0 bridgehead atoms. The highest BCUT2D eigenvalue weighted by Crippen LogP contribution is 2.32. The summed E-state index contributed by atoms with van der Waals surface area (Å²) in [6.45, 7) is 2.43. The molecule has 1 fully saturated rings. The Labute approximate surface area is 148 Å². The van der Waals surface area contributed by atoms with E-state index in [1.165, 1.54) is 11.8 Å². The average Bonchev–Trinajstić information content (AvgIpc) is 3.12. The third kappa shape index (κ3) is 3.00. The topological polar surface area (TPSA) is 62.5 Å². The Hall–Kier alpha value is -2.38. The monoisotopic (exact) mass is 358 g/mol. The van der Waals surface area contributed by atoms with E-state index >= 15 is 0 Å². The van der Waals surface area contributed by atoms with Crippen LogP contribution in [-0.2, 0) is 4.79 Å². The van der Waals surface area contributed by atoms with Crippen LogP contribution >= 0.6 is 24.0 Å². The molecule has 0 atom stereocenters. The molecule has 1 saturated heterocycles. The summed E-state index contributed by atoms with van der Waals surface area (Å²) < 4.78 is 2.39. The van der Waals surface area contributed by atoms with Crippen molar-refractivity contribution in [1.82, 2.24) is 9.47 Å². The first-order valence-corrected chi connectivity index (χ1v) is 8.50. The van der Waals surface area contributed by atoms with Crippen molar-refractivity contribution in [3.8, 4) is 5.69 Å². The van der Waals surface area contributed by atoms with E-state index in [0.717, 1.165) is 11.4 Å². The fraction of sp³-hybridized carbons (Fsp3) is 0.118. The van der Waals surface area contributed by atoms with Crippen molar-refractivity contribution in [3.05, 3.63) is 58.8 Å². The maximum Gasteiger partial charge on any atom is 0.335 e. The van der Waals surface area contributed by atoms with Gasteiger partial charge in [0, 0.05) is 24.1 Å². The molecule has 2 aromatic rings. The number of thiocarbonyl (C=S) groups is 1. The van der Waals surface area contributed by atoms with Crippen LogP contribution < -0.4 is 0 Å². The number of likely N-dealkylation sites (N-methyl/N-ethyl adjacent to an activating group) is 1. The number of rotatable bonds is 4. The fourth-order valence-electron chi connectivity index (χ4n) is 2.44. The molecular formula is C17H14N2O3S2. The normalized spacial score (nSPS) is 16.2. The number of amides is 1. The van der Waals surface area contributed by atoms with Crippen LogP contribution in [0.15, 0.2) is 47.5 Å². The number of carbonyl (C=O) groups excluding carboxylic acids is 1. The highest BCUT2D eigenvalue weighted by molar-refractivity contribution is 8.26.